The first-order chi connectivity index (χ1) is 14.4. The monoisotopic (exact) mass is 392 g/mol. The number of nitrogens with zero attached hydrogens (tertiary/aromatic N) is 2. The van der Waals surface area contributed by atoms with Gasteiger partial charge in [-0.15, -0.1) is 0 Å². The fourth-order valence-electron chi connectivity index (χ4n) is 3.99. The van der Waals surface area contributed by atoms with Crippen LogP contribution >= 0.6 is 0 Å². The van der Waals surface area contributed by atoms with E-state index in [0.29, 0.717) is 5.71 Å². The molecule has 3 nitrogen and oxygen atoms in total. The Hall–Kier alpha value is -3.46. The average molecular weight is 393 g/mol. The number of benzene rings is 2. The van der Waals surface area contributed by atoms with E-state index < -0.39 is 0 Å². The van der Waals surface area contributed by atoms with Crippen LogP contribution in [-0.4, -0.2) is 9.97 Å². The van der Waals surface area contributed by atoms with E-state index in [1.54, 1.807) is 0 Å². The van der Waals surface area contributed by atoms with Gasteiger partial charge in [-0.25, -0.2) is 4.98 Å². The Morgan fingerprint density at radius 2 is 1.63 bits per heavy atom. The maximum absolute atomic E-state index is 6.36. The Kier molecular flexibility index (Phi) is 4.21. The maximum atomic E-state index is 6.36. The van der Waals surface area contributed by atoms with E-state index in [0.717, 1.165) is 44.4 Å². The second kappa shape index (κ2) is 6.81. The molecule has 30 heavy (non-hydrogen) atoms. The Bertz CT molecular complexity index is 1380. The number of furan rings is 1. The van der Waals surface area contributed by atoms with E-state index in [4.69, 9.17) is 9.40 Å². The van der Waals surface area contributed by atoms with E-state index in [-0.39, 0.29) is 5.41 Å². The Labute approximate surface area is 176 Å². The van der Waals surface area contributed by atoms with Crippen LogP contribution in [0.4, 0.5) is 0 Å². The standard InChI is InChI=1S/C27H24N2O/c1-17-15-22(18-9-6-5-7-10-18)29-26-24(17)21-12-8-11-20(25(21)30-26)23-16-19(13-14-28-23)27(2,3)4/h5-16H,1-4H3. The normalized spacial score (nSPS) is 12.0. The summed E-state index contributed by atoms with van der Waals surface area (Å²) < 4.78 is 6.36. The summed E-state index contributed by atoms with van der Waals surface area (Å²) in [7, 11) is 0. The van der Waals surface area contributed by atoms with Crippen LogP contribution in [0.1, 0.15) is 31.9 Å². The van der Waals surface area contributed by atoms with Crippen molar-refractivity contribution in [2.24, 2.45) is 0 Å². The number of para-hydroxylation sites is 1. The van der Waals surface area contributed by atoms with Crippen molar-refractivity contribution in [2.75, 3.05) is 0 Å². The van der Waals surface area contributed by atoms with Crippen LogP contribution < -0.4 is 0 Å². The highest BCUT2D eigenvalue weighted by Crippen LogP contribution is 2.38. The van der Waals surface area contributed by atoms with Crippen LogP contribution in [0, 0.1) is 6.92 Å². The van der Waals surface area contributed by atoms with Gasteiger partial charge in [0.1, 0.15) is 5.58 Å². The molecule has 0 fully saturated rings. The number of hydrogen-bond donors (Lipinski definition) is 0. The minimum Gasteiger partial charge on any atom is -0.437 e. The minimum atomic E-state index is 0.0577. The third kappa shape index (κ3) is 3.07. The summed E-state index contributed by atoms with van der Waals surface area (Å²) in [5, 5.41) is 2.15. The highest BCUT2D eigenvalue weighted by Gasteiger charge is 2.19. The van der Waals surface area contributed by atoms with E-state index in [9.17, 15) is 0 Å². The van der Waals surface area contributed by atoms with Gasteiger partial charge >= 0.3 is 0 Å². The third-order valence-corrected chi connectivity index (χ3v) is 5.64. The summed E-state index contributed by atoms with van der Waals surface area (Å²) in [4.78, 5) is 9.50. The molecule has 5 aromatic rings. The van der Waals surface area contributed by atoms with Crippen LogP contribution in [0.5, 0.6) is 0 Å². The summed E-state index contributed by atoms with van der Waals surface area (Å²) >= 11 is 0. The highest BCUT2D eigenvalue weighted by atomic mass is 16.3. The highest BCUT2D eigenvalue weighted by molar-refractivity contribution is 6.10. The van der Waals surface area contributed by atoms with Gasteiger partial charge in [0, 0.05) is 22.7 Å². The molecule has 0 radical (unpaired) electrons. The number of aromatic nitrogens is 2. The van der Waals surface area contributed by atoms with E-state index in [1.807, 2.05) is 24.4 Å². The molecular formula is C27H24N2O. The van der Waals surface area contributed by atoms with Gasteiger partial charge in [-0.05, 0) is 47.7 Å². The van der Waals surface area contributed by atoms with Crippen molar-refractivity contribution < 1.29 is 4.42 Å². The van der Waals surface area contributed by atoms with Gasteiger partial charge in [0.25, 0.3) is 0 Å². The summed E-state index contributed by atoms with van der Waals surface area (Å²) in [6, 6.07) is 22.9. The maximum Gasteiger partial charge on any atom is 0.228 e. The average Bonchev–Trinajstić information content (AvgIpc) is 3.13. The summed E-state index contributed by atoms with van der Waals surface area (Å²) in [5.74, 6) is 0. The molecule has 0 unspecified atom stereocenters. The summed E-state index contributed by atoms with van der Waals surface area (Å²) in [6.45, 7) is 8.77. The molecule has 0 aliphatic heterocycles. The van der Waals surface area contributed by atoms with Crippen molar-refractivity contribution in [2.45, 2.75) is 33.1 Å². The molecule has 0 atom stereocenters. The summed E-state index contributed by atoms with van der Waals surface area (Å²) in [5.41, 5.74) is 7.91. The topological polar surface area (TPSA) is 38.9 Å². The van der Waals surface area contributed by atoms with Crippen LogP contribution in [0.2, 0.25) is 0 Å². The molecule has 0 N–H and O–H groups in total. The van der Waals surface area contributed by atoms with E-state index >= 15 is 0 Å². The van der Waals surface area contributed by atoms with Gasteiger partial charge in [0.2, 0.25) is 5.71 Å². The lowest BCUT2D eigenvalue weighted by atomic mass is 9.87. The van der Waals surface area contributed by atoms with Gasteiger partial charge in [0.05, 0.1) is 16.8 Å². The van der Waals surface area contributed by atoms with Crippen molar-refractivity contribution in [3.63, 3.8) is 0 Å². The second-order valence-corrected chi connectivity index (χ2v) is 8.83. The molecule has 0 amide bonds. The Balaban J connectivity index is 1.74. The fraction of sp³-hybridized carbons (Fsp3) is 0.185. The lowest BCUT2D eigenvalue weighted by Crippen LogP contribution is -2.11. The molecule has 3 heterocycles. The molecular weight excluding hydrogens is 368 g/mol. The van der Waals surface area contributed by atoms with E-state index in [2.05, 4.69) is 81.2 Å². The molecule has 2 aromatic carbocycles. The number of hydrogen-bond acceptors (Lipinski definition) is 3. The molecule has 3 aromatic heterocycles. The molecule has 5 rings (SSSR count). The van der Waals surface area contributed by atoms with E-state index in [1.165, 1.54) is 5.56 Å². The predicted octanol–water partition coefficient (Wildman–Crippen LogP) is 7.32. The third-order valence-electron chi connectivity index (χ3n) is 5.64. The number of aryl methyl sites for hydroxylation is 1. The van der Waals surface area contributed by atoms with Gasteiger partial charge in [-0.1, -0.05) is 63.2 Å². The lowest BCUT2D eigenvalue weighted by molar-refractivity contribution is 0.589. The van der Waals surface area contributed by atoms with Gasteiger partial charge in [0.15, 0.2) is 0 Å². The zero-order chi connectivity index (χ0) is 20.9. The zero-order valence-electron chi connectivity index (χ0n) is 17.7. The second-order valence-electron chi connectivity index (χ2n) is 8.83. The van der Waals surface area contributed by atoms with Crippen molar-refractivity contribution >= 4 is 22.1 Å². The van der Waals surface area contributed by atoms with Gasteiger partial charge in [-0.2, -0.15) is 0 Å². The van der Waals surface area contributed by atoms with Crippen LogP contribution in [-0.2, 0) is 5.41 Å². The fourth-order valence-corrected chi connectivity index (χ4v) is 3.99. The van der Waals surface area contributed by atoms with Crippen LogP contribution in [0.3, 0.4) is 0 Å². The SMILES string of the molecule is Cc1cc(-c2ccccc2)nc2oc3c(-c4cc(C(C)(C)C)ccn4)cccc3c12. The van der Waals surface area contributed by atoms with Crippen LogP contribution in [0.15, 0.2) is 77.3 Å². The van der Waals surface area contributed by atoms with Crippen LogP contribution in [0.25, 0.3) is 44.6 Å². The van der Waals surface area contributed by atoms with Crippen molar-refractivity contribution in [1.29, 1.82) is 0 Å². The first-order valence-electron chi connectivity index (χ1n) is 10.3. The van der Waals surface area contributed by atoms with Crippen molar-refractivity contribution in [1.82, 2.24) is 9.97 Å². The first-order valence-corrected chi connectivity index (χ1v) is 10.3. The molecule has 0 bridgehead atoms. The number of fused-ring (bicyclic) bond motifs is 3. The molecule has 0 aliphatic rings. The molecule has 0 spiro atoms. The van der Waals surface area contributed by atoms with Gasteiger partial charge in [-0.3, -0.25) is 4.98 Å². The molecule has 0 saturated heterocycles. The number of pyridine rings is 2. The minimum absolute atomic E-state index is 0.0577. The zero-order valence-corrected chi connectivity index (χ0v) is 17.7. The molecule has 0 saturated carbocycles. The summed E-state index contributed by atoms with van der Waals surface area (Å²) in [6.07, 6.45) is 1.88. The van der Waals surface area contributed by atoms with Crippen molar-refractivity contribution in [3.8, 4) is 22.5 Å². The number of rotatable bonds is 2. The van der Waals surface area contributed by atoms with Gasteiger partial charge < -0.3 is 4.42 Å². The van der Waals surface area contributed by atoms with Crippen molar-refractivity contribution in [3.05, 3.63) is 84.1 Å². The first kappa shape index (κ1) is 18.6. The molecule has 3 heteroatoms. The Morgan fingerprint density at radius 1 is 0.833 bits per heavy atom. The lowest BCUT2D eigenvalue weighted by Gasteiger charge is -2.19. The molecule has 0 aliphatic carbocycles. The predicted molar refractivity (Wildman–Crippen MR) is 124 cm³/mol. The molecule has 148 valence electrons. The smallest absolute Gasteiger partial charge is 0.228 e. The quantitative estimate of drug-likeness (QED) is 0.316. The Morgan fingerprint density at radius 3 is 2.40 bits per heavy atom. The largest absolute Gasteiger partial charge is 0.437 e.